The van der Waals surface area contributed by atoms with E-state index in [1.165, 1.54) is 0 Å². The van der Waals surface area contributed by atoms with Gasteiger partial charge in [0, 0.05) is 17.5 Å². The van der Waals surface area contributed by atoms with E-state index in [1.807, 2.05) is 24.3 Å². The van der Waals surface area contributed by atoms with Gasteiger partial charge < -0.3 is 24.8 Å². The van der Waals surface area contributed by atoms with Crippen LogP contribution in [0, 0.1) is 0 Å². The summed E-state index contributed by atoms with van der Waals surface area (Å²) in [6, 6.07) is 14.0. The number of hydrogen-bond acceptors (Lipinski definition) is 6. The van der Waals surface area contributed by atoms with Crippen LogP contribution < -0.4 is 20.1 Å². The number of benzene rings is 2. The normalized spacial score (nSPS) is 14.5. The van der Waals surface area contributed by atoms with Gasteiger partial charge in [0.1, 0.15) is 18.0 Å². The fourth-order valence-electron chi connectivity index (χ4n) is 3.22. The molecule has 0 aliphatic carbocycles. The van der Waals surface area contributed by atoms with Gasteiger partial charge in [-0.3, -0.25) is 14.4 Å². The monoisotopic (exact) mass is 440 g/mol. The Hall–Kier alpha value is -3.55. The zero-order valence-electron chi connectivity index (χ0n) is 18.1. The summed E-state index contributed by atoms with van der Waals surface area (Å²) in [6.07, 6.45) is 2.64. The lowest BCUT2D eigenvalue weighted by molar-refractivity contribution is -0.147. The van der Waals surface area contributed by atoms with E-state index in [-0.39, 0.29) is 12.6 Å². The lowest BCUT2D eigenvalue weighted by Gasteiger charge is -2.26. The third kappa shape index (κ3) is 6.73. The van der Waals surface area contributed by atoms with Gasteiger partial charge in [0.05, 0.1) is 19.3 Å². The molecule has 170 valence electrons. The smallest absolute Gasteiger partial charge is 0.325 e. The molecule has 2 amide bonds. The molecule has 1 aliphatic rings. The number of ether oxygens (including phenoxy) is 3. The lowest BCUT2D eigenvalue weighted by Crippen LogP contribution is -2.36. The molecule has 1 heterocycles. The molecule has 1 atom stereocenters. The van der Waals surface area contributed by atoms with Gasteiger partial charge in [-0.1, -0.05) is 31.5 Å². The Bertz CT molecular complexity index is 928. The van der Waals surface area contributed by atoms with Crippen molar-refractivity contribution in [2.24, 2.45) is 0 Å². The summed E-state index contributed by atoms with van der Waals surface area (Å²) in [5.74, 6) is -0.0901. The number of amides is 2. The maximum Gasteiger partial charge on any atom is 0.325 e. The number of hydrogen-bond donors (Lipinski definition) is 2. The predicted octanol–water partition coefficient (Wildman–Crippen LogP) is 2.78. The third-order valence-electron chi connectivity index (χ3n) is 4.93. The standard InChI is InChI=1S/C24H28N2O6/c1-2-3-13-30-18-10-8-17(9-11-18)24(29)25-15-23(28)32-16-22(27)26-20-12-14-31-21-7-5-4-6-19(20)21/h4-11,20H,2-3,12-16H2,1H3,(H,25,29)(H,26,27). The molecule has 2 aromatic rings. The number of rotatable bonds is 10. The minimum atomic E-state index is -0.694. The molecule has 0 saturated carbocycles. The number of unbranched alkanes of at least 4 members (excludes halogenated alkanes) is 1. The zero-order chi connectivity index (χ0) is 22.8. The Kier molecular flexibility index (Phi) is 8.48. The van der Waals surface area contributed by atoms with E-state index in [9.17, 15) is 14.4 Å². The molecule has 0 bridgehead atoms. The van der Waals surface area contributed by atoms with Crippen LogP contribution in [0.3, 0.4) is 0 Å². The summed E-state index contributed by atoms with van der Waals surface area (Å²) in [5.41, 5.74) is 1.30. The summed E-state index contributed by atoms with van der Waals surface area (Å²) in [5, 5.41) is 5.34. The highest BCUT2D eigenvalue weighted by Crippen LogP contribution is 2.31. The van der Waals surface area contributed by atoms with Crippen molar-refractivity contribution in [3.63, 3.8) is 0 Å². The van der Waals surface area contributed by atoms with Crippen LogP contribution in [-0.4, -0.2) is 44.1 Å². The minimum Gasteiger partial charge on any atom is -0.494 e. The van der Waals surface area contributed by atoms with Crippen LogP contribution in [0.15, 0.2) is 48.5 Å². The van der Waals surface area contributed by atoms with Gasteiger partial charge in [0.25, 0.3) is 11.8 Å². The fourth-order valence-corrected chi connectivity index (χ4v) is 3.22. The largest absolute Gasteiger partial charge is 0.494 e. The average Bonchev–Trinajstić information content (AvgIpc) is 2.82. The predicted molar refractivity (Wildman–Crippen MR) is 118 cm³/mol. The van der Waals surface area contributed by atoms with E-state index in [2.05, 4.69) is 17.6 Å². The van der Waals surface area contributed by atoms with E-state index in [4.69, 9.17) is 14.2 Å². The maximum atomic E-state index is 12.2. The number of nitrogens with one attached hydrogen (secondary N) is 2. The molecule has 0 radical (unpaired) electrons. The first-order valence-corrected chi connectivity index (χ1v) is 10.7. The minimum absolute atomic E-state index is 0.195. The van der Waals surface area contributed by atoms with Crippen molar-refractivity contribution in [1.29, 1.82) is 0 Å². The Labute approximate surface area is 187 Å². The molecule has 0 aromatic heterocycles. The number of fused-ring (bicyclic) bond motifs is 1. The molecule has 3 rings (SSSR count). The van der Waals surface area contributed by atoms with Crippen LogP contribution in [0.5, 0.6) is 11.5 Å². The lowest BCUT2D eigenvalue weighted by atomic mass is 10.0. The van der Waals surface area contributed by atoms with Gasteiger partial charge in [-0.05, 0) is 36.8 Å². The van der Waals surface area contributed by atoms with Crippen molar-refractivity contribution in [2.45, 2.75) is 32.2 Å². The molecule has 8 nitrogen and oxygen atoms in total. The second kappa shape index (κ2) is 11.7. The van der Waals surface area contributed by atoms with E-state index < -0.39 is 24.4 Å². The van der Waals surface area contributed by atoms with E-state index >= 15 is 0 Å². The Morgan fingerprint density at radius 3 is 2.66 bits per heavy atom. The van der Waals surface area contributed by atoms with Gasteiger partial charge in [-0.2, -0.15) is 0 Å². The van der Waals surface area contributed by atoms with Crippen molar-refractivity contribution in [2.75, 3.05) is 26.4 Å². The van der Waals surface area contributed by atoms with Crippen LogP contribution in [-0.2, 0) is 14.3 Å². The molecule has 0 spiro atoms. The van der Waals surface area contributed by atoms with Crippen LogP contribution in [0.25, 0.3) is 0 Å². The molecule has 2 N–H and O–H groups in total. The number of esters is 1. The maximum absolute atomic E-state index is 12.2. The Balaban J connectivity index is 1.38. The molecular weight excluding hydrogens is 412 g/mol. The van der Waals surface area contributed by atoms with Crippen molar-refractivity contribution >= 4 is 17.8 Å². The first kappa shape index (κ1) is 23.1. The summed E-state index contributed by atoms with van der Waals surface area (Å²) < 4.78 is 16.1. The summed E-state index contributed by atoms with van der Waals surface area (Å²) >= 11 is 0. The third-order valence-corrected chi connectivity index (χ3v) is 4.93. The molecule has 8 heteroatoms. The number of carbonyl (C=O) groups excluding carboxylic acids is 3. The van der Waals surface area contributed by atoms with Gasteiger partial charge in [0.15, 0.2) is 6.61 Å². The molecule has 1 aliphatic heterocycles. The summed E-state index contributed by atoms with van der Waals surface area (Å²) in [4.78, 5) is 36.3. The molecule has 0 saturated heterocycles. The van der Waals surface area contributed by atoms with Crippen molar-refractivity contribution in [3.05, 3.63) is 59.7 Å². The van der Waals surface area contributed by atoms with Crippen molar-refractivity contribution in [3.8, 4) is 11.5 Å². The Morgan fingerprint density at radius 1 is 1.09 bits per heavy atom. The van der Waals surface area contributed by atoms with E-state index in [0.29, 0.717) is 30.9 Å². The average molecular weight is 440 g/mol. The van der Waals surface area contributed by atoms with Crippen molar-refractivity contribution < 1.29 is 28.6 Å². The van der Waals surface area contributed by atoms with Crippen LogP contribution in [0.2, 0.25) is 0 Å². The van der Waals surface area contributed by atoms with E-state index in [0.717, 1.165) is 24.2 Å². The van der Waals surface area contributed by atoms with Crippen LogP contribution >= 0.6 is 0 Å². The zero-order valence-corrected chi connectivity index (χ0v) is 18.1. The van der Waals surface area contributed by atoms with E-state index in [1.54, 1.807) is 24.3 Å². The highest BCUT2D eigenvalue weighted by molar-refractivity contribution is 5.96. The summed E-state index contributed by atoms with van der Waals surface area (Å²) in [7, 11) is 0. The van der Waals surface area contributed by atoms with Gasteiger partial charge in [-0.15, -0.1) is 0 Å². The second-order valence-electron chi connectivity index (χ2n) is 7.36. The number of para-hydroxylation sites is 1. The van der Waals surface area contributed by atoms with Gasteiger partial charge in [-0.25, -0.2) is 0 Å². The molecule has 0 fully saturated rings. The topological polar surface area (TPSA) is 103 Å². The quantitative estimate of drug-likeness (QED) is 0.435. The van der Waals surface area contributed by atoms with Gasteiger partial charge in [0.2, 0.25) is 0 Å². The highest BCUT2D eigenvalue weighted by Gasteiger charge is 2.23. The van der Waals surface area contributed by atoms with Crippen molar-refractivity contribution in [1.82, 2.24) is 10.6 Å². The first-order chi connectivity index (χ1) is 15.6. The SMILES string of the molecule is CCCCOc1ccc(C(=O)NCC(=O)OCC(=O)NC2CCOc3ccccc32)cc1. The molecule has 32 heavy (non-hydrogen) atoms. The molecule has 1 unspecified atom stereocenters. The number of carbonyl (C=O) groups is 3. The fraction of sp³-hybridized carbons (Fsp3) is 0.375. The second-order valence-corrected chi connectivity index (χ2v) is 7.36. The molecular formula is C24H28N2O6. The molecule has 2 aromatic carbocycles. The Morgan fingerprint density at radius 2 is 1.88 bits per heavy atom. The summed E-state index contributed by atoms with van der Waals surface area (Å²) in [6.45, 7) is 2.46. The first-order valence-electron chi connectivity index (χ1n) is 10.7. The van der Waals surface area contributed by atoms with Gasteiger partial charge >= 0.3 is 5.97 Å². The van der Waals surface area contributed by atoms with Crippen LogP contribution in [0.1, 0.15) is 48.1 Å². The van der Waals surface area contributed by atoms with Crippen LogP contribution in [0.4, 0.5) is 0 Å². The highest BCUT2D eigenvalue weighted by atomic mass is 16.5.